The number of hydrogen-bond acceptors (Lipinski definition) is 3. The highest BCUT2D eigenvalue weighted by molar-refractivity contribution is 6.19. The van der Waals surface area contributed by atoms with Gasteiger partial charge in [0.25, 0.3) is 0 Å². The van der Waals surface area contributed by atoms with Crippen molar-refractivity contribution in [1.29, 1.82) is 5.26 Å². The zero-order valence-electron chi connectivity index (χ0n) is 22.1. The van der Waals surface area contributed by atoms with Gasteiger partial charge in [-0.15, -0.1) is 0 Å². The second-order valence-electron chi connectivity index (χ2n) is 10.8. The van der Waals surface area contributed by atoms with Gasteiger partial charge in [0.05, 0.1) is 34.1 Å². The Hall–Kier alpha value is -5.53. The third kappa shape index (κ3) is 2.98. The number of furan rings is 1. The quantitative estimate of drug-likeness (QED) is 0.238. The minimum atomic E-state index is 0.120. The molecule has 9 rings (SSSR count). The van der Waals surface area contributed by atoms with Gasteiger partial charge in [-0.25, -0.2) is 0 Å². The van der Waals surface area contributed by atoms with Crippen LogP contribution in [0.4, 0.5) is 11.4 Å². The van der Waals surface area contributed by atoms with Crippen molar-refractivity contribution in [2.75, 3.05) is 4.90 Å². The maximum absolute atomic E-state index is 9.34. The zero-order valence-corrected chi connectivity index (χ0v) is 22.1. The van der Waals surface area contributed by atoms with Gasteiger partial charge in [-0.3, -0.25) is 0 Å². The number of benzene rings is 5. The monoisotopic (exact) mass is 525 g/mol. The normalized spacial score (nSPS) is 15.5. The summed E-state index contributed by atoms with van der Waals surface area (Å²) < 4.78 is 9.34. The first kappa shape index (κ1) is 22.3. The first-order valence-corrected chi connectivity index (χ1v) is 13.9. The first-order chi connectivity index (χ1) is 20.3. The van der Waals surface area contributed by atoms with Crippen LogP contribution in [0.25, 0.3) is 50.1 Å². The Kier molecular flexibility index (Phi) is 4.48. The summed E-state index contributed by atoms with van der Waals surface area (Å²) >= 11 is 0. The molecule has 41 heavy (non-hydrogen) atoms. The van der Waals surface area contributed by atoms with E-state index in [1.165, 1.54) is 32.9 Å². The van der Waals surface area contributed by atoms with E-state index in [0.717, 1.165) is 45.1 Å². The van der Waals surface area contributed by atoms with Crippen molar-refractivity contribution >= 4 is 55.8 Å². The van der Waals surface area contributed by atoms with E-state index in [4.69, 9.17) is 4.42 Å². The average Bonchev–Trinajstić information content (AvgIpc) is 3.69. The minimum absolute atomic E-state index is 0.120. The van der Waals surface area contributed by atoms with Gasteiger partial charge in [0.2, 0.25) is 0 Å². The molecule has 0 amide bonds. The Morgan fingerprint density at radius 2 is 1.49 bits per heavy atom. The lowest BCUT2D eigenvalue weighted by molar-refractivity contribution is 0.568. The number of fused-ring (bicyclic) bond motifs is 10. The molecule has 1 unspecified atom stereocenters. The topological polar surface area (TPSA) is 45.1 Å². The lowest BCUT2D eigenvalue weighted by atomic mass is 9.95. The Bertz CT molecular complexity index is 2350. The second kappa shape index (κ2) is 8.24. The molecule has 2 aliphatic rings. The molecular weight excluding hydrogens is 502 g/mol. The SMILES string of the molecule is N#Cc1ccc(N2c3ccccc3C3=c4oc5c(ccc6c5c5ccccc5n6-c5ccccc5)c4=CCC32)cc1. The van der Waals surface area contributed by atoms with Gasteiger partial charge in [-0.05, 0) is 67.1 Å². The molecule has 1 atom stereocenters. The van der Waals surface area contributed by atoms with Crippen LogP contribution in [-0.4, -0.2) is 10.6 Å². The molecule has 0 saturated carbocycles. The number of nitrogens with zero attached hydrogens (tertiary/aromatic N) is 3. The van der Waals surface area contributed by atoms with Crippen molar-refractivity contribution in [2.24, 2.45) is 0 Å². The van der Waals surface area contributed by atoms with Crippen molar-refractivity contribution in [3.05, 3.63) is 137 Å². The molecule has 1 aliphatic heterocycles. The molecule has 3 heterocycles. The third-order valence-corrected chi connectivity index (χ3v) is 8.71. The molecule has 0 spiro atoms. The van der Waals surface area contributed by atoms with Crippen molar-refractivity contribution in [1.82, 2.24) is 4.57 Å². The molecule has 5 aromatic carbocycles. The predicted octanol–water partition coefficient (Wildman–Crippen LogP) is 7.31. The van der Waals surface area contributed by atoms with Gasteiger partial charge in [0, 0.05) is 44.2 Å². The highest BCUT2D eigenvalue weighted by atomic mass is 16.3. The molecular formula is C37H23N3O. The van der Waals surface area contributed by atoms with Crippen molar-refractivity contribution in [2.45, 2.75) is 12.5 Å². The van der Waals surface area contributed by atoms with E-state index in [1.807, 2.05) is 12.1 Å². The fraction of sp³-hybridized carbons (Fsp3) is 0.0541. The van der Waals surface area contributed by atoms with Crippen LogP contribution in [-0.2, 0) is 0 Å². The van der Waals surface area contributed by atoms with E-state index < -0.39 is 0 Å². The number of anilines is 2. The van der Waals surface area contributed by atoms with Crippen LogP contribution in [0.15, 0.2) is 120 Å². The molecule has 0 bridgehead atoms. The smallest absolute Gasteiger partial charge is 0.145 e. The van der Waals surface area contributed by atoms with Gasteiger partial charge in [-0.2, -0.15) is 5.26 Å². The van der Waals surface area contributed by atoms with Gasteiger partial charge in [0.15, 0.2) is 0 Å². The van der Waals surface area contributed by atoms with Crippen LogP contribution in [0.2, 0.25) is 0 Å². The van der Waals surface area contributed by atoms with Gasteiger partial charge in [0.1, 0.15) is 11.0 Å². The largest absolute Gasteiger partial charge is 0.455 e. The Morgan fingerprint density at radius 3 is 2.34 bits per heavy atom. The Labute approximate surface area is 235 Å². The summed E-state index contributed by atoms with van der Waals surface area (Å²) in [7, 11) is 0. The highest BCUT2D eigenvalue weighted by Crippen LogP contribution is 2.46. The molecule has 0 saturated heterocycles. The van der Waals surface area contributed by atoms with Crippen LogP contribution in [0.5, 0.6) is 0 Å². The van der Waals surface area contributed by atoms with Crippen molar-refractivity contribution in [3.8, 4) is 11.8 Å². The summed E-state index contributed by atoms with van der Waals surface area (Å²) in [5, 5.41) is 14.0. The van der Waals surface area contributed by atoms with E-state index in [-0.39, 0.29) is 6.04 Å². The van der Waals surface area contributed by atoms with Crippen LogP contribution >= 0.6 is 0 Å². The fourth-order valence-corrected chi connectivity index (χ4v) is 7.01. The predicted molar refractivity (Wildman–Crippen MR) is 165 cm³/mol. The molecule has 0 fully saturated rings. The summed E-state index contributed by atoms with van der Waals surface area (Å²) in [4.78, 5) is 2.40. The van der Waals surface area contributed by atoms with Gasteiger partial charge < -0.3 is 13.9 Å². The van der Waals surface area contributed by atoms with Crippen LogP contribution in [0.3, 0.4) is 0 Å². The summed E-state index contributed by atoms with van der Waals surface area (Å²) in [6.07, 6.45) is 3.22. The number of para-hydroxylation sites is 3. The Balaban J connectivity index is 1.36. The zero-order chi connectivity index (χ0) is 27.1. The maximum atomic E-state index is 9.34. The minimum Gasteiger partial charge on any atom is -0.455 e. The molecule has 192 valence electrons. The summed E-state index contributed by atoms with van der Waals surface area (Å²) in [6, 6.07) is 42.5. The molecule has 0 N–H and O–H groups in total. The van der Waals surface area contributed by atoms with E-state index in [2.05, 4.69) is 125 Å². The van der Waals surface area contributed by atoms with E-state index in [0.29, 0.717) is 5.56 Å². The van der Waals surface area contributed by atoms with Crippen LogP contribution in [0, 0.1) is 11.3 Å². The molecule has 1 aliphatic carbocycles. The van der Waals surface area contributed by atoms with Gasteiger partial charge in [-0.1, -0.05) is 60.7 Å². The highest BCUT2D eigenvalue weighted by Gasteiger charge is 2.37. The molecule has 2 aromatic heterocycles. The summed E-state index contributed by atoms with van der Waals surface area (Å²) in [6.45, 7) is 0. The van der Waals surface area contributed by atoms with Crippen molar-refractivity contribution in [3.63, 3.8) is 0 Å². The molecule has 0 radical (unpaired) electrons. The maximum Gasteiger partial charge on any atom is 0.145 e. The number of hydrogen-bond donors (Lipinski definition) is 0. The molecule has 4 nitrogen and oxygen atoms in total. The number of rotatable bonds is 2. The second-order valence-corrected chi connectivity index (χ2v) is 10.8. The number of aromatic nitrogens is 1. The average molecular weight is 526 g/mol. The standard InChI is InChI=1S/C37H23N3O/c38-22-23-14-16-25(17-15-23)40-31-13-7-5-11-29(31)35-33(40)21-19-27-26-18-20-32-34(36(26)41-37(27)35)28-10-4-6-12-30(28)39(32)24-8-2-1-3-9-24/h1-20,33H,21H2. The molecule has 4 heteroatoms. The summed E-state index contributed by atoms with van der Waals surface area (Å²) in [5.41, 5.74) is 10.7. The van der Waals surface area contributed by atoms with Crippen LogP contribution < -0.4 is 15.5 Å². The lowest BCUT2D eigenvalue weighted by Crippen LogP contribution is -2.37. The van der Waals surface area contributed by atoms with Crippen molar-refractivity contribution < 1.29 is 4.42 Å². The van der Waals surface area contributed by atoms with E-state index in [1.54, 1.807) is 0 Å². The summed E-state index contributed by atoms with van der Waals surface area (Å²) in [5.74, 6) is 0. The van der Waals surface area contributed by atoms with Gasteiger partial charge >= 0.3 is 0 Å². The lowest BCUT2D eigenvalue weighted by Gasteiger charge is -2.28. The third-order valence-electron chi connectivity index (χ3n) is 8.71. The number of nitriles is 1. The van der Waals surface area contributed by atoms with Crippen LogP contribution in [0.1, 0.15) is 17.5 Å². The first-order valence-electron chi connectivity index (χ1n) is 13.9. The van der Waals surface area contributed by atoms with E-state index >= 15 is 0 Å². The van der Waals surface area contributed by atoms with E-state index in [9.17, 15) is 5.26 Å². The fourth-order valence-electron chi connectivity index (χ4n) is 7.01. The molecule has 7 aromatic rings. The Morgan fingerprint density at radius 1 is 0.707 bits per heavy atom.